The molecule has 190 valence electrons. The van der Waals surface area contributed by atoms with Gasteiger partial charge in [-0.3, -0.25) is 0 Å². The van der Waals surface area contributed by atoms with E-state index in [1.165, 1.54) is 0 Å². The Morgan fingerprint density at radius 2 is 2.00 bits per heavy atom. The molecule has 2 N–H and O–H groups in total. The van der Waals surface area contributed by atoms with Gasteiger partial charge in [-0.05, 0) is 48.1 Å². The van der Waals surface area contributed by atoms with E-state index in [0.29, 0.717) is 34.5 Å². The molecule has 0 spiro atoms. The number of fused-ring (bicyclic) bond motifs is 1. The summed E-state index contributed by atoms with van der Waals surface area (Å²) in [7, 11) is -4.08. The zero-order valence-corrected chi connectivity index (χ0v) is 22.2. The van der Waals surface area contributed by atoms with Gasteiger partial charge in [0.25, 0.3) is 0 Å². The number of carbonyl (C=O) groups excluding carboxylic acids is 1. The van der Waals surface area contributed by atoms with Gasteiger partial charge in [-0.2, -0.15) is 0 Å². The second-order valence-electron chi connectivity index (χ2n) is 9.11. The molecule has 4 aromatic rings. The third-order valence-corrected chi connectivity index (χ3v) is 8.35. The van der Waals surface area contributed by atoms with Crippen LogP contribution in [0.4, 0.5) is 0 Å². The number of ether oxygens (including phenoxy) is 1. The molecule has 0 bridgehead atoms. The molecule has 0 aliphatic rings. The lowest BCUT2D eigenvalue weighted by atomic mass is 9.98. The molecule has 3 heterocycles. The van der Waals surface area contributed by atoms with E-state index in [1.807, 2.05) is 55.7 Å². The van der Waals surface area contributed by atoms with Crippen molar-refractivity contribution >= 4 is 38.5 Å². The summed E-state index contributed by atoms with van der Waals surface area (Å²) in [5.74, 6) is -0.309. The summed E-state index contributed by atoms with van der Waals surface area (Å²) >= 11 is 1.06. The van der Waals surface area contributed by atoms with E-state index in [2.05, 4.69) is 9.97 Å². The minimum absolute atomic E-state index is 0.0208. The molecular formula is C26H30N4O4S2. The second-order valence-corrected chi connectivity index (χ2v) is 12.0. The van der Waals surface area contributed by atoms with Crippen molar-refractivity contribution in [1.82, 2.24) is 14.5 Å². The van der Waals surface area contributed by atoms with Gasteiger partial charge in [-0.1, -0.05) is 45.4 Å². The fourth-order valence-corrected chi connectivity index (χ4v) is 6.59. The number of imidazole rings is 1. The van der Waals surface area contributed by atoms with E-state index in [1.54, 1.807) is 18.6 Å². The number of pyridine rings is 1. The molecule has 0 amide bonds. The van der Waals surface area contributed by atoms with Crippen molar-refractivity contribution in [3.63, 3.8) is 0 Å². The maximum Gasteiger partial charge on any atom is 0.339 e. The van der Waals surface area contributed by atoms with Crippen LogP contribution < -0.4 is 5.14 Å². The molecule has 0 aliphatic carbocycles. The number of carbonyl (C=O) groups is 1. The summed E-state index contributed by atoms with van der Waals surface area (Å²) in [6, 6.07) is 11.2. The van der Waals surface area contributed by atoms with Crippen LogP contribution in [-0.4, -0.2) is 35.5 Å². The second kappa shape index (κ2) is 10.9. The van der Waals surface area contributed by atoms with Crippen molar-refractivity contribution < 1.29 is 17.9 Å². The van der Waals surface area contributed by atoms with Crippen LogP contribution in [0, 0.1) is 5.92 Å². The van der Waals surface area contributed by atoms with Crippen molar-refractivity contribution in [1.29, 1.82) is 0 Å². The van der Waals surface area contributed by atoms with Crippen LogP contribution in [0.15, 0.2) is 53.1 Å². The maximum absolute atomic E-state index is 13.3. The molecule has 0 aliphatic heterocycles. The highest BCUT2D eigenvalue weighted by atomic mass is 32.2. The average Bonchev–Trinajstić information content (AvgIpc) is 3.41. The molecule has 0 fully saturated rings. The molecule has 1 aromatic carbocycles. The normalized spacial score (nSPS) is 11.9. The lowest BCUT2D eigenvalue weighted by Gasteiger charge is -2.12. The average molecular weight is 527 g/mol. The van der Waals surface area contributed by atoms with Gasteiger partial charge in [-0.15, -0.1) is 11.3 Å². The summed E-state index contributed by atoms with van der Waals surface area (Å²) in [5.41, 5.74) is 3.65. The van der Waals surface area contributed by atoms with Gasteiger partial charge in [0.15, 0.2) is 5.65 Å². The van der Waals surface area contributed by atoms with Gasteiger partial charge in [0, 0.05) is 16.6 Å². The minimum atomic E-state index is -4.08. The lowest BCUT2D eigenvalue weighted by Crippen LogP contribution is -2.13. The number of nitrogens with zero attached hydrogens (tertiary/aromatic N) is 3. The van der Waals surface area contributed by atoms with Gasteiger partial charge >= 0.3 is 5.97 Å². The predicted molar refractivity (Wildman–Crippen MR) is 141 cm³/mol. The summed E-state index contributed by atoms with van der Waals surface area (Å²) in [6.07, 6.45) is 5.59. The van der Waals surface area contributed by atoms with Crippen molar-refractivity contribution in [3.8, 4) is 11.1 Å². The Kier molecular flexibility index (Phi) is 7.87. The highest BCUT2D eigenvalue weighted by molar-refractivity contribution is 7.91. The molecular weight excluding hydrogens is 496 g/mol. The number of unbranched alkanes of at least 4 members (excludes halogenated alkanes) is 1. The SMILES string of the molecule is CCCCOC(=O)c1c(CC(C)C)sc(S(N)(=O)=O)c1-c1cccc(Cn2cnc3cccnc32)c1. The van der Waals surface area contributed by atoms with E-state index < -0.39 is 16.0 Å². The number of hydrogen-bond acceptors (Lipinski definition) is 7. The Balaban J connectivity index is 1.82. The molecule has 0 saturated heterocycles. The number of benzene rings is 1. The van der Waals surface area contributed by atoms with Crippen LogP contribution in [0.5, 0.6) is 0 Å². The number of rotatable bonds is 10. The van der Waals surface area contributed by atoms with Gasteiger partial charge in [-0.25, -0.2) is 28.3 Å². The molecule has 0 atom stereocenters. The van der Waals surface area contributed by atoms with Crippen LogP contribution in [0.25, 0.3) is 22.3 Å². The first-order valence-corrected chi connectivity index (χ1v) is 14.3. The first-order valence-electron chi connectivity index (χ1n) is 11.9. The molecule has 0 saturated carbocycles. The monoisotopic (exact) mass is 526 g/mol. The van der Waals surface area contributed by atoms with Gasteiger partial charge in [0.1, 0.15) is 9.73 Å². The Bertz CT molecular complexity index is 1490. The van der Waals surface area contributed by atoms with E-state index in [0.717, 1.165) is 40.9 Å². The Labute approximate surface area is 215 Å². The van der Waals surface area contributed by atoms with E-state index in [4.69, 9.17) is 9.88 Å². The fraction of sp³-hybridized carbons (Fsp3) is 0.346. The molecule has 36 heavy (non-hydrogen) atoms. The number of esters is 1. The van der Waals surface area contributed by atoms with Crippen molar-refractivity contribution in [2.45, 2.75) is 50.8 Å². The van der Waals surface area contributed by atoms with Crippen molar-refractivity contribution in [2.24, 2.45) is 11.1 Å². The fourth-order valence-electron chi connectivity index (χ4n) is 4.06. The maximum atomic E-state index is 13.3. The number of sulfonamides is 1. The predicted octanol–water partition coefficient (Wildman–Crippen LogP) is 5.01. The smallest absolute Gasteiger partial charge is 0.339 e. The standard InChI is InChI=1S/C26H30N4O4S2/c1-4-5-12-34-25(31)23-21(13-17(2)3)35-26(36(27,32)33)22(23)19-9-6-8-18(14-19)15-30-16-29-20-10-7-11-28-24(20)30/h6-11,14,16-17H,4-5,12-13,15H2,1-3H3,(H2,27,32,33). The Hall–Kier alpha value is -3.08. The molecule has 3 aromatic heterocycles. The van der Waals surface area contributed by atoms with E-state index in [-0.39, 0.29) is 16.7 Å². The zero-order valence-electron chi connectivity index (χ0n) is 20.6. The third-order valence-electron chi connectivity index (χ3n) is 5.68. The van der Waals surface area contributed by atoms with Gasteiger partial charge < -0.3 is 9.30 Å². The lowest BCUT2D eigenvalue weighted by molar-refractivity contribution is 0.0500. The van der Waals surface area contributed by atoms with Crippen LogP contribution in [0.1, 0.15) is 54.4 Å². The third kappa shape index (κ3) is 5.66. The summed E-state index contributed by atoms with van der Waals surface area (Å²) in [4.78, 5) is 22.7. The van der Waals surface area contributed by atoms with Crippen LogP contribution in [0.3, 0.4) is 0 Å². The Morgan fingerprint density at radius 3 is 2.72 bits per heavy atom. The first-order chi connectivity index (χ1) is 17.2. The molecule has 0 radical (unpaired) electrons. The summed E-state index contributed by atoms with van der Waals surface area (Å²) in [5, 5.41) is 5.65. The first kappa shape index (κ1) is 26.0. The Morgan fingerprint density at radius 1 is 1.19 bits per heavy atom. The summed E-state index contributed by atoms with van der Waals surface area (Å²) < 4.78 is 32.8. The van der Waals surface area contributed by atoms with Gasteiger partial charge in [0.05, 0.1) is 25.0 Å². The highest BCUT2D eigenvalue weighted by Gasteiger charge is 2.31. The minimum Gasteiger partial charge on any atom is -0.462 e. The van der Waals surface area contributed by atoms with Crippen LogP contribution >= 0.6 is 11.3 Å². The number of thiophene rings is 1. The zero-order chi connectivity index (χ0) is 25.9. The number of hydrogen-bond donors (Lipinski definition) is 1. The molecule has 0 unspecified atom stereocenters. The van der Waals surface area contributed by atoms with Crippen LogP contribution in [0.2, 0.25) is 0 Å². The van der Waals surface area contributed by atoms with Crippen LogP contribution in [-0.2, 0) is 27.7 Å². The topological polar surface area (TPSA) is 117 Å². The number of primary sulfonamides is 1. The largest absolute Gasteiger partial charge is 0.462 e. The summed E-state index contributed by atoms with van der Waals surface area (Å²) in [6.45, 7) is 6.80. The van der Waals surface area contributed by atoms with Gasteiger partial charge in [0.2, 0.25) is 10.0 Å². The highest BCUT2D eigenvalue weighted by Crippen LogP contribution is 2.41. The molecule has 10 heteroatoms. The quantitative estimate of drug-likeness (QED) is 0.229. The van der Waals surface area contributed by atoms with Crippen molar-refractivity contribution in [2.75, 3.05) is 6.61 Å². The molecule has 8 nitrogen and oxygen atoms in total. The number of aromatic nitrogens is 3. The number of nitrogens with two attached hydrogens (primary N) is 1. The van der Waals surface area contributed by atoms with E-state index >= 15 is 0 Å². The van der Waals surface area contributed by atoms with Crippen molar-refractivity contribution in [3.05, 3.63) is 64.9 Å². The van der Waals surface area contributed by atoms with E-state index in [9.17, 15) is 13.2 Å². The molecule has 4 rings (SSSR count).